The fourth-order valence-corrected chi connectivity index (χ4v) is 1.67. The summed E-state index contributed by atoms with van der Waals surface area (Å²) in [5.74, 6) is 0. The molecule has 0 aromatic carbocycles. The fraction of sp³-hybridized carbons (Fsp3) is 0.333. The van der Waals surface area contributed by atoms with E-state index >= 15 is 0 Å². The Morgan fingerprint density at radius 1 is 1.42 bits per heavy atom. The maximum Gasteiger partial charge on any atom is 0.300 e. The zero-order valence-corrected chi connectivity index (χ0v) is 8.41. The molecule has 0 fully saturated rings. The van der Waals surface area contributed by atoms with Gasteiger partial charge in [0.05, 0.1) is 0 Å². The van der Waals surface area contributed by atoms with Crippen LogP contribution < -0.4 is 0 Å². The van der Waals surface area contributed by atoms with Crippen LogP contribution in [-0.2, 0) is 9.84 Å². The Labute approximate surface area is 82.9 Å². The van der Waals surface area contributed by atoms with E-state index in [0.717, 1.165) is 6.33 Å². The molecule has 1 heterocycles. The predicted molar refractivity (Wildman–Crippen MR) is 43.9 cm³/mol. The van der Waals surface area contributed by atoms with E-state index in [-0.39, 0.29) is 0 Å². The third-order valence-corrected chi connectivity index (χ3v) is 4.10. The second kappa shape index (κ2) is 3.02. The molecule has 1 aromatic rings. The van der Waals surface area contributed by atoms with Gasteiger partial charge in [0.15, 0.2) is 0 Å². The van der Waals surface area contributed by atoms with E-state index < -0.39 is 18.1 Å². The number of halogens is 3. The van der Waals surface area contributed by atoms with Gasteiger partial charge in [-0.05, 0) is 0 Å². The van der Waals surface area contributed by atoms with Crippen molar-refractivity contribution in [3.63, 3.8) is 0 Å². The second-order valence-electron chi connectivity index (χ2n) is 1.74. The number of sulfone groups is 1. The van der Waals surface area contributed by atoms with Gasteiger partial charge >= 0.3 is 0 Å². The number of rotatable bonds is 1. The molecule has 1 N–H and O–H groups in total. The third kappa shape index (κ3) is 1.66. The molecule has 1 aromatic heterocycles. The molecule has 0 atom stereocenters. The van der Waals surface area contributed by atoms with Crippen molar-refractivity contribution in [3.05, 3.63) is 6.33 Å². The number of aromatic amines is 1. The van der Waals surface area contributed by atoms with E-state index in [1.54, 1.807) is 0 Å². The summed E-state index contributed by atoms with van der Waals surface area (Å²) in [6.07, 6.45) is 1.00. The van der Waals surface area contributed by atoms with E-state index in [0.29, 0.717) is 0 Å². The molecule has 0 saturated heterocycles. The van der Waals surface area contributed by atoms with E-state index in [4.69, 9.17) is 34.8 Å². The normalized spacial score (nSPS) is 13.2. The average Bonchev–Trinajstić information content (AvgIpc) is 2.34. The van der Waals surface area contributed by atoms with E-state index in [1.165, 1.54) is 0 Å². The summed E-state index contributed by atoms with van der Waals surface area (Å²) >= 11 is 15.5. The van der Waals surface area contributed by atoms with Crippen molar-refractivity contribution in [3.8, 4) is 0 Å². The number of nitrogens with zero attached hydrogens (tertiary/aromatic N) is 2. The monoisotopic (exact) mass is 249 g/mol. The number of H-pyrrole nitrogens is 1. The lowest BCUT2D eigenvalue weighted by Gasteiger charge is -2.07. The van der Waals surface area contributed by atoms with E-state index in [2.05, 4.69) is 15.2 Å². The van der Waals surface area contributed by atoms with Gasteiger partial charge in [0.1, 0.15) is 6.33 Å². The molecule has 68 valence electrons. The molecule has 12 heavy (non-hydrogen) atoms. The first-order valence-electron chi connectivity index (χ1n) is 2.52. The molecule has 0 aliphatic heterocycles. The molecule has 1 rings (SSSR count). The van der Waals surface area contributed by atoms with Crippen LogP contribution in [0.25, 0.3) is 0 Å². The van der Waals surface area contributed by atoms with Crippen LogP contribution >= 0.6 is 34.8 Å². The zero-order valence-electron chi connectivity index (χ0n) is 5.33. The van der Waals surface area contributed by atoms with Gasteiger partial charge in [-0.25, -0.2) is 18.5 Å². The number of aromatic nitrogens is 3. The molecule has 0 aliphatic carbocycles. The van der Waals surface area contributed by atoms with Crippen molar-refractivity contribution in [2.24, 2.45) is 0 Å². The number of hydrogen-bond acceptors (Lipinski definition) is 4. The Hall–Kier alpha value is -0.0400. The first kappa shape index (κ1) is 10.0. The maximum atomic E-state index is 11.2. The molecule has 0 bridgehead atoms. The van der Waals surface area contributed by atoms with Crippen LogP contribution in [0, 0.1) is 0 Å². The van der Waals surface area contributed by atoms with Crippen molar-refractivity contribution in [2.45, 2.75) is 8.28 Å². The Kier molecular flexibility index (Phi) is 2.53. The molecule has 9 heteroatoms. The van der Waals surface area contributed by atoms with Gasteiger partial charge in [-0.1, -0.05) is 34.8 Å². The van der Waals surface area contributed by atoms with Gasteiger partial charge in [0.25, 0.3) is 13.0 Å². The van der Waals surface area contributed by atoms with Gasteiger partial charge in [0, 0.05) is 0 Å². The quantitative estimate of drug-likeness (QED) is 0.752. The molecule has 0 unspecified atom stereocenters. The third-order valence-electron chi connectivity index (χ3n) is 0.952. The summed E-state index contributed by atoms with van der Waals surface area (Å²) in [4.78, 5) is 3.35. The van der Waals surface area contributed by atoms with Gasteiger partial charge in [-0.15, -0.1) is 0 Å². The smallest absolute Gasteiger partial charge is 0.250 e. The molecule has 0 amide bonds. The standard InChI is InChI=1S/C3H2Cl3N3O2S/c4-3(5,6)12(10,11)2-7-1-8-9-2/h1H,(H,7,8,9). The molecule has 0 aliphatic rings. The Bertz CT molecular complexity index is 353. The highest BCUT2D eigenvalue weighted by molar-refractivity contribution is 7.97. The Morgan fingerprint density at radius 2 is 2.00 bits per heavy atom. The first-order valence-corrected chi connectivity index (χ1v) is 5.14. The van der Waals surface area contributed by atoms with Crippen molar-refractivity contribution < 1.29 is 8.42 Å². The summed E-state index contributed by atoms with van der Waals surface area (Å²) < 4.78 is 19.9. The van der Waals surface area contributed by atoms with Gasteiger partial charge in [0.2, 0.25) is 5.16 Å². The number of hydrogen-bond donors (Lipinski definition) is 1. The molecule has 0 saturated carbocycles. The van der Waals surface area contributed by atoms with Crippen molar-refractivity contribution in [1.82, 2.24) is 15.2 Å². The lowest BCUT2D eigenvalue weighted by molar-refractivity contribution is 0.588. The van der Waals surface area contributed by atoms with Crippen molar-refractivity contribution >= 4 is 44.6 Å². The highest BCUT2D eigenvalue weighted by atomic mass is 35.6. The Balaban J connectivity index is 3.22. The minimum absolute atomic E-state index is 0.470. The summed E-state index contributed by atoms with van der Waals surface area (Å²) in [5.41, 5.74) is 0. The highest BCUT2D eigenvalue weighted by Gasteiger charge is 2.41. The van der Waals surface area contributed by atoms with E-state index in [9.17, 15) is 8.42 Å². The predicted octanol–water partition coefficient (Wildman–Crippen LogP) is 0.906. The van der Waals surface area contributed by atoms with Crippen molar-refractivity contribution in [1.29, 1.82) is 0 Å². The average molecular weight is 250 g/mol. The molecule has 0 radical (unpaired) electrons. The molecular weight excluding hydrogens is 248 g/mol. The van der Waals surface area contributed by atoms with E-state index in [1.807, 2.05) is 0 Å². The minimum Gasteiger partial charge on any atom is -0.250 e. The van der Waals surface area contributed by atoms with Crippen LogP contribution in [0.15, 0.2) is 11.5 Å². The lowest BCUT2D eigenvalue weighted by atomic mass is 11.3. The number of nitrogens with one attached hydrogen (secondary N) is 1. The van der Waals surface area contributed by atoms with Crippen LogP contribution in [0.2, 0.25) is 0 Å². The lowest BCUT2D eigenvalue weighted by Crippen LogP contribution is -2.20. The van der Waals surface area contributed by atoms with Crippen LogP contribution in [0.3, 0.4) is 0 Å². The topological polar surface area (TPSA) is 75.7 Å². The minimum atomic E-state index is -4.07. The van der Waals surface area contributed by atoms with Gasteiger partial charge in [-0.3, -0.25) is 0 Å². The van der Waals surface area contributed by atoms with Crippen LogP contribution in [0.4, 0.5) is 0 Å². The highest BCUT2D eigenvalue weighted by Crippen LogP contribution is 2.35. The van der Waals surface area contributed by atoms with Crippen LogP contribution in [0.1, 0.15) is 0 Å². The zero-order chi connectivity index (χ0) is 9.41. The first-order chi connectivity index (χ1) is 5.36. The maximum absolute atomic E-state index is 11.2. The molecule has 5 nitrogen and oxygen atoms in total. The van der Waals surface area contributed by atoms with Crippen molar-refractivity contribution in [2.75, 3.05) is 0 Å². The second-order valence-corrected chi connectivity index (χ2v) is 6.70. The summed E-state index contributed by atoms with van der Waals surface area (Å²) in [7, 11) is -4.07. The Morgan fingerprint density at radius 3 is 2.33 bits per heavy atom. The largest absolute Gasteiger partial charge is 0.300 e. The molecular formula is C3H2Cl3N3O2S. The summed E-state index contributed by atoms with van der Waals surface area (Å²) in [6, 6.07) is 0. The summed E-state index contributed by atoms with van der Waals surface area (Å²) in [6.45, 7) is 0. The van der Waals surface area contributed by atoms with Crippen LogP contribution in [-0.4, -0.2) is 26.7 Å². The van der Waals surface area contributed by atoms with Gasteiger partial charge in [-0.2, -0.15) is 5.10 Å². The summed E-state index contributed by atoms with van der Waals surface area (Å²) in [5, 5.41) is 4.92. The number of alkyl halides is 3. The van der Waals surface area contributed by atoms with Crippen LogP contribution in [0.5, 0.6) is 0 Å². The fourth-order valence-electron chi connectivity index (χ4n) is 0.433. The van der Waals surface area contributed by atoms with Gasteiger partial charge < -0.3 is 0 Å². The SMILES string of the molecule is O=S(=O)(c1ncn[nH]1)C(Cl)(Cl)Cl. The molecule has 0 spiro atoms.